The molecular formula is C21H22N6O. The number of rotatable bonds is 6. The van der Waals surface area contributed by atoms with E-state index < -0.39 is 0 Å². The summed E-state index contributed by atoms with van der Waals surface area (Å²) in [6.45, 7) is 2.69. The zero-order valence-corrected chi connectivity index (χ0v) is 15.5. The highest BCUT2D eigenvalue weighted by atomic mass is 16.1. The summed E-state index contributed by atoms with van der Waals surface area (Å²) in [5, 5.41) is 6.01. The average molecular weight is 374 g/mol. The Morgan fingerprint density at radius 2 is 1.64 bits per heavy atom. The maximum Gasteiger partial charge on any atom is 0.254 e. The molecule has 2 N–H and O–H groups in total. The zero-order chi connectivity index (χ0) is 19.2. The third kappa shape index (κ3) is 4.43. The molecule has 142 valence electrons. The van der Waals surface area contributed by atoms with Crippen LogP contribution in [0.15, 0.2) is 61.2 Å². The third-order valence-corrected chi connectivity index (χ3v) is 4.71. The summed E-state index contributed by atoms with van der Waals surface area (Å²) in [4.78, 5) is 27.1. The van der Waals surface area contributed by atoms with Crippen LogP contribution in [0.1, 0.15) is 28.8 Å². The van der Waals surface area contributed by atoms with Crippen LogP contribution in [0.25, 0.3) is 0 Å². The van der Waals surface area contributed by atoms with Gasteiger partial charge >= 0.3 is 0 Å². The summed E-state index contributed by atoms with van der Waals surface area (Å²) in [5.41, 5.74) is 3.56. The minimum absolute atomic E-state index is 0.210. The minimum Gasteiger partial charge on any atom is -0.372 e. The molecule has 4 rings (SSSR count). The molecule has 0 atom stereocenters. The number of anilines is 3. The summed E-state index contributed by atoms with van der Waals surface area (Å²) in [7, 11) is 0. The average Bonchev–Trinajstić information content (AvgIpc) is 3.29. The third-order valence-electron chi connectivity index (χ3n) is 4.71. The van der Waals surface area contributed by atoms with E-state index in [1.165, 1.54) is 30.9 Å². The molecule has 1 aliphatic heterocycles. The van der Waals surface area contributed by atoms with Crippen LogP contribution in [-0.4, -0.2) is 33.9 Å². The fourth-order valence-corrected chi connectivity index (χ4v) is 3.15. The van der Waals surface area contributed by atoms with Crippen molar-refractivity contribution in [1.29, 1.82) is 0 Å². The van der Waals surface area contributed by atoms with Crippen molar-refractivity contribution < 1.29 is 4.79 Å². The topological polar surface area (TPSA) is 83.0 Å². The Labute approximate surface area is 163 Å². The highest BCUT2D eigenvalue weighted by Gasteiger charge is 2.12. The van der Waals surface area contributed by atoms with Crippen LogP contribution in [0.2, 0.25) is 0 Å². The van der Waals surface area contributed by atoms with Gasteiger partial charge in [0.1, 0.15) is 0 Å². The minimum atomic E-state index is -0.210. The molecule has 0 radical (unpaired) electrons. The van der Waals surface area contributed by atoms with Crippen LogP contribution in [0, 0.1) is 0 Å². The van der Waals surface area contributed by atoms with Gasteiger partial charge in [-0.1, -0.05) is 0 Å². The molecule has 1 fully saturated rings. The summed E-state index contributed by atoms with van der Waals surface area (Å²) < 4.78 is 0. The Morgan fingerprint density at radius 3 is 2.32 bits per heavy atom. The van der Waals surface area contributed by atoms with Gasteiger partial charge in [-0.25, -0.2) is 9.97 Å². The smallest absolute Gasteiger partial charge is 0.254 e. The van der Waals surface area contributed by atoms with E-state index in [-0.39, 0.29) is 5.91 Å². The van der Waals surface area contributed by atoms with Crippen LogP contribution in [-0.2, 0) is 6.54 Å². The quantitative estimate of drug-likeness (QED) is 0.690. The maximum atomic E-state index is 12.2. The molecule has 7 nitrogen and oxygen atoms in total. The van der Waals surface area contributed by atoms with Crippen molar-refractivity contribution >= 4 is 23.2 Å². The molecule has 2 aromatic heterocycles. The predicted molar refractivity (Wildman–Crippen MR) is 109 cm³/mol. The van der Waals surface area contributed by atoms with E-state index in [0.29, 0.717) is 18.1 Å². The van der Waals surface area contributed by atoms with Gasteiger partial charge in [-0.15, -0.1) is 0 Å². The van der Waals surface area contributed by atoms with E-state index in [1.807, 2.05) is 24.3 Å². The zero-order valence-electron chi connectivity index (χ0n) is 15.5. The Bertz CT molecular complexity index is 906. The largest absolute Gasteiger partial charge is 0.372 e. The van der Waals surface area contributed by atoms with Gasteiger partial charge in [0.05, 0.1) is 5.56 Å². The van der Waals surface area contributed by atoms with Crippen molar-refractivity contribution in [1.82, 2.24) is 20.3 Å². The predicted octanol–water partition coefficient (Wildman–Crippen LogP) is 3.15. The first-order valence-corrected chi connectivity index (χ1v) is 9.39. The van der Waals surface area contributed by atoms with Crippen molar-refractivity contribution in [3.05, 3.63) is 72.3 Å². The van der Waals surface area contributed by atoms with Crippen molar-refractivity contribution in [3.8, 4) is 0 Å². The Kier molecular flexibility index (Phi) is 5.42. The van der Waals surface area contributed by atoms with Gasteiger partial charge in [-0.05, 0) is 54.8 Å². The fourth-order valence-electron chi connectivity index (χ4n) is 3.15. The van der Waals surface area contributed by atoms with E-state index in [0.717, 1.165) is 24.3 Å². The number of aromatic nitrogens is 3. The summed E-state index contributed by atoms with van der Waals surface area (Å²) in [6.07, 6.45) is 8.96. The fraction of sp³-hybridized carbons (Fsp3) is 0.238. The van der Waals surface area contributed by atoms with Gasteiger partial charge in [0.25, 0.3) is 5.91 Å². The lowest BCUT2D eigenvalue weighted by atomic mass is 10.2. The van der Waals surface area contributed by atoms with Crippen molar-refractivity contribution in [2.45, 2.75) is 19.4 Å². The SMILES string of the molecule is O=C(NCc1ccncc1)c1cnc(Nc2ccc(N3CCCC3)cc2)nc1. The molecule has 0 spiro atoms. The van der Waals surface area contributed by atoms with E-state index in [4.69, 9.17) is 0 Å². The van der Waals surface area contributed by atoms with Crippen LogP contribution in [0.4, 0.5) is 17.3 Å². The molecule has 3 aromatic rings. The lowest BCUT2D eigenvalue weighted by Crippen LogP contribution is -2.23. The highest BCUT2D eigenvalue weighted by Crippen LogP contribution is 2.23. The molecule has 1 aliphatic rings. The first-order valence-electron chi connectivity index (χ1n) is 9.39. The number of nitrogens with one attached hydrogen (secondary N) is 2. The van der Waals surface area contributed by atoms with Gasteiger partial charge in [-0.3, -0.25) is 9.78 Å². The number of hydrogen-bond donors (Lipinski definition) is 2. The standard InChI is InChI=1S/C21H22N6O/c28-20(23-13-16-7-9-22-10-8-16)17-14-24-21(25-15-17)26-18-3-5-19(6-4-18)27-11-1-2-12-27/h3-10,14-15H,1-2,11-13H2,(H,23,28)(H,24,25,26). The van der Waals surface area contributed by atoms with Crippen molar-refractivity contribution in [2.75, 3.05) is 23.3 Å². The van der Waals surface area contributed by atoms with Gasteiger partial charge in [-0.2, -0.15) is 0 Å². The Hall–Kier alpha value is -3.48. The second-order valence-electron chi connectivity index (χ2n) is 6.70. The molecule has 0 saturated carbocycles. The van der Waals surface area contributed by atoms with E-state index in [9.17, 15) is 4.79 Å². The Balaban J connectivity index is 1.33. The molecule has 0 bridgehead atoms. The number of carbonyl (C=O) groups is 1. The van der Waals surface area contributed by atoms with E-state index in [1.54, 1.807) is 12.4 Å². The molecule has 0 unspecified atom stereocenters. The molecule has 1 aromatic carbocycles. The first kappa shape index (κ1) is 17.9. The van der Waals surface area contributed by atoms with Crippen molar-refractivity contribution in [2.24, 2.45) is 0 Å². The second kappa shape index (κ2) is 8.47. The number of hydrogen-bond acceptors (Lipinski definition) is 6. The number of amides is 1. The van der Waals surface area contributed by atoms with Gasteiger partial charge < -0.3 is 15.5 Å². The van der Waals surface area contributed by atoms with E-state index >= 15 is 0 Å². The monoisotopic (exact) mass is 374 g/mol. The first-order chi connectivity index (χ1) is 13.8. The molecule has 1 saturated heterocycles. The van der Waals surface area contributed by atoms with Crippen molar-refractivity contribution in [3.63, 3.8) is 0 Å². The molecular weight excluding hydrogens is 352 g/mol. The molecule has 1 amide bonds. The number of pyridine rings is 1. The number of carbonyl (C=O) groups excluding carboxylic acids is 1. The number of benzene rings is 1. The Morgan fingerprint density at radius 1 is 0.964 bits per heavy atom. The van der Waals surface area contributed by atoms with Crippen LogP contribution < -0.4 is 15.5 Å². The molecule has 3 heterocycles. The molecule has 28 heavy (non-hydrogen) atoms. The normalized spacial score (nSPS) is 13.4. The van der Waals surface area contributed by atoms with Crippen LogP contribution in [0.5, 0.6) is 0 Å². The van der Waals surface area contributed by atoms with Crippen LogP contribution in [0.3, 0.4) is 0 Å². The molecule has 7 heteroatoms. The second-order valence-corrected chi connectivity index (χ2v) is 6.70. The summed E-state index contributed by atoms with van der Waals surface area (Å²) >= 11 is 0. The highest BCUT2D eigenvalue weighted by molar-refractivity contribution is 5.93. The number of nitrogens with zero attached hydrogens (tertiary/aromatic N) is 4. The summed E-state index contributed by atoms with van der Waals surface area (Å²) in [6, 6.07) is 12.0. The lowest BCUT2D eigenvalue weighted by Gasteiger charge is -2.17. The van der Waals surface area contributed by atoms with Gasteiger partial charge in [0.15, 0.2) is 0 Å². The van der Waals surface area contributed by atoms with Gasteiger partial charge in [0.2, 0.25) is 5.95 Å². The van der Waals surface area contributed by atoms with E-state index in [2.05, 4.69) is 42.6 Å². The summed E-state index contributed by atoms with van der Waals surface area (Å²) in [5.74, 6) is 0.248. The van der Waals surface area contributed by atoms with Crippen LogP contribution >= 0.6 is 0 Å². The van der Waals surface area contributed by atoms with Gasteiger partial charge in [0, 0.05) is 55.8 Å². The lowest BCUT2D eigenvalue weighted by molar-refractivity contribution is 0.0950. The maximum absolute atomic E-state index is 12.2. The molecule has 0 aliphatic carbocycles.